The van der Waals surface area contributed by atoms with Gasteiger partial charge in [-0.1, -0.05) is 17.7 Å². The molecule has 0 bridgehead atoms. The van der Waals surface area contributed by atoms with Crippen LogP contribution in [0.3, 0.4) is 0 Å². The molecule has 2 heterocycles. The second-order valence-corrected chi connectivity index (χ2v) is 4.45. The van der Waals surface area contributed by atoms with E-state index in [0.29, 0.717) is 11.2 Å². The first-order chi connectivity index (χ1) is 7.25. The van der Waals surface area contributed by atoms with Crippen molar-refractivity contribution in [1.82, 2.24) is 9.88 Å². The van der Waals surface area contributed by atoms with Crippen molar-refractivity contribution in [2.24, 2.45) is 5.73 Å². The number of pyridine rings is 1. The van der Waals surface area contributed by atoms with E-state index in [-0.39, 0.29) is 0 Å². The molecule has 1 aliphatic heterocycles. The number of nitrogens with two attached hydrogens (primary N) is 1. The zero-order chi connectivity index (χ0) is 10.7. The second-order valence-electron chi connectivity index (χ2n) is 4.09. The molecule has 1 aromatic heterocycles. The fourth-order valence-corrected chi connectivity index (χ4v) is 2.19. The van der Waals surface area contributed by atoms with Crippen molar-refractivity contribution in [1.29, 1.82) is 0 Å². The zero-order valence-corrected chi connectivity index (χ0v) is 9.45. The molecule has 2 rings (SSSR count). The Morgan fingerprint density at radius 2 is 2.47 bits per heavy atom. The van der Waals surface area contributed by atoms with Gasteiger partial charge in [-0.25, -0.2) is 4.98 Å². The summed E-state index contributed by atoms with van der Waals surface area (Å²) < 4.78 is 0. The number of nitrogens with zero attached hydrogens (tertiary/aromatic N) is 2. The van der Waals surface area contributed by atoms with Gasteiger partial charge in [-0.2, -0.15) is 0 Å². The van der Waals surface area contributed by atoms with Crippen LogP contribution in [0.25, 0.3) is 0 Å². The Balaban J connectivity index is 1.99. The summed E-state index contributed by atoms with van der Waals surface area (Å²) in [7, 11) is 0. The Labute approximate surface area is 95.2 Å². The van der Waals surface area contributed by atoms with E-state index in [2.05, 4.69) is 9.88 Å². The van der Waals surface area contributed by atoms with Gasteiger partial charge < -0.3 is 5.73 Å². The van der Waals surface area contributed by atoms with Crippen LogP contribution in [0.4, 0.5) is 0 Å². The van der Waals surface area contributed by atoms with Crippen LogP contribution in [-0.4, -0.2) is 29.0 Å². The van der Waals surface area contributed by atoms with Crippen LogP contribution in [0.2, 0.25) is 5.15 Å². The molecule has 4 heteroatoms. The lowest BCUT2D eigenvalue weighted by Gasteiger charge is -2.30. The number of hydrogen-bond donors (Lipinski definition) is 1. The van der Waals surface area contributed by atoms with Crippen molar-refractivity contribution in [3.63, 3.8) is 0 Å². The molecule has 1 aromatic rings. The highest BCUT2D eigenvalue weighted by molar-refractivity contribution is 6.30. The lowest BCUT2D eigenvalue weighted by molar-refractivity contribution is 0.201. The predicted molar refractivity (Wildman–Crippen MR) is 61.7 cm³/mol. The third-order valence-electron chi connectivity index (χ3n) is 2.77. The summed E-state index contributed by atoms with van der Waals surface area (Å²) in [6, 6.07) is 4.26. The maximum absolute atomic E-state index is 6.01. The van der Waals surface area contributed by atoms with Crippen molar-refractivity contribution < 1.29 is 0 Å². The highest BCUT2D eigenvalue weighted by atomic mass is 35.5. The van der Waals surface area contributed by atoms with Crippen LogP contribution >= 0.6 is 11.6 Å². The lowest BCUT2D eigenvalue weighted by atomic mass is 10.1. The third kappa shape index (κ3) is 2.91. The molecule has 1 unspecified atom stereocenters. The van der Waals surface area contributed by atoms with Crippen molar-refractivity contribution >= 4 is 11.6 Å². The van der Waals surface area contributed by atoms with Crippen molar-refractivity contribution in [2.45, 2.75) is 25.4 Å². The first-order valence-electron chi connectivity index (χ1n) is 5.33. The lowest BCUT2D eigenvalue weighted by Crippen LogP contribution is -2.42. The van der Waals surface area contributed by atoms with Gasteiger partial charge in [0.05, 0.1) is 0 Å². The van der Waals surface area contributed by atoms with Gasteiger partial charge in [0.25, 0.3) is 0 Å². The molecule has 0 amide bonds. The fraction of sp³-hybridized carbons (Fsp3) is 0.545. The summed E-state index contributed by atoms with van der Waals surface area (Å²) in [5, 5.41) is 0.608. The van der Waals surface area contributed by atoms with Gasteiger partial charge in [-0.15, -0.1) is 0 Å². The zero-order valence-electron chi connectivity index (χ0n) is 8.69. The fourth-order valence-electron chi connectivity index (χ4n) is 2.01. The highest BCUT2D eigenvalue weighted by Gasteiger charge is 2.17. The number of likely N-dealkylation sites (tertiary alicyclic amines) is 1. The highest BCUT2D eigenvalue weighted by Crippen LogP contribution is 2.17. The van der Waals surface area contributed by atoms with Crippen LogP contribution in [0, 0.1) is 0 Å². The first kappa shape index (κ1) is 10.9. The standard InChI is InChI=1S/C11H16ClN3/c12-11-9(3-1-5-14-11)7-15-6-2-4-10(13)8-15/h1,3,5,10H,2,4,6-8,13H2. The molecule has 1 aliphatic rings. The number of halogens is 1. The molecule has 1 fully saturated rings. The quantitative estimate of drug-likeness (QED) is 0.779. The minimum absolute atomic E-state index is 0.314. The first-order valence-corrected chi connectivity index (χ1v) is 5.71. The maximum atomic E-state index is 6.01. The second kappa shape index (κ2) is 4.92. The third-order valence-corrected chi connectivity index (χ3v) is 3.11. The van der Waals surface area contributed by atoms with Gasteiger partial charge in [-0.05, 0) is 25.5 Å². The SMILES string of the molecule is NC1CCCN(Cc2cccnc2Cl)C1. The van der Waals surface area contributed by atoms with E-state index < -0.39 is 0 Å². The average Bonchev–Trinajstić information content (AvgIpc) is 2.22. The normalized spacial score (nSPS) is 22.9. The molecule has 0 aliphatic carbocycles. The summed E-state index contributed by atoms with van der Waals surface area (Å²) in [5.74, 6) is 0. The summed E-state index contributed by atoms with van der Waals surface area (Å²) >= 11 is 6.01. The van der Waals surface area contributed by atoms with E-state index in [0.717, 1.165) is 31.6 Å². The van der Waals surface area contributed by atoms with E-state index in [4.69, 9.17) is 17.3 Å². The van der Waals surface area contributed by atoms with E-state index in [1.165, 1.54) is 6.42 Å². The molecule has 0 spiro atoms. The molecular weight excluding hydrogens is 210 g/mol. The van der Waals surface area contributed by atoms with Crippen LogP contribution in [0.15, 0.2) is 18.3 Å². The molecule has 0 saturated carbocycles. The number of piperidine rings is 1. The van der Waals surface area contributed by atoms with E-state index in [1.54, 1.807) is 6.20 Å². The summed E-state index contributed by atoms with van der Waals surface area (Å²) in [6.45, 7) is 2.94. The smallest absolute Gasteiger partial charge is 0.133 e. The van der Waals surface area contributed by atoms with Crippen molar-refractivity contribution in [3.05, 3.63) is 29.0 Å². The van der Waals surface area contributed by atoms with Gasteiger partial charge in [0.15, 0.2) is 0 Å². The van der Waals surface area contributed by atoms with Crippen LogP contribution < -0.4 is 5.73 Å². The Bertz CT molecular complexity index is 329. The predicted octanol–water partition coefficient (Wildman–Crippen LogP) is 1.66. The van der Waals surface area contributed by atoms with Crippen LogP contribution in [0.1, 0.15) is 18.4 Å². The van der Waals surface area contributed by atoms with E-state index in [1.807, 2.05) is 12.1 Å². The van der Waals surface area contributed by atoms with Gasteiger partial charge in [-0.3, -0.25) is 4.90 Å². The van der Waals surface area contributed by atoms with Crippen LogP contribution in [0.5, 0.6) is 0 Å². The Kier molecular flexibility index (Phi) is 3.57. The van der Waals surface area contributed by atoms with Gasteiger partial charge in [0.1, 0.15) is 5.15 Å². The molecule has 0 aromatic carbocycles. The minimum Gasteiger partial charge on any atom is -0.327 e. The molecule has 3 nitrogen and oxygen atoms in total. The van der Waals surface area contributed by atoms with E-state index in [9.17, 15) is 0 Å². The largest absolute Gasteiger partial charge is 0.327 e. The van der Waals surface area contributed by atoms with Gasteiger partial charge in [0.2, 0.25) is 0 Å². The molecule has 1 atom stereocenters. The molecule has 1 saturated heterocycles. The summed E-state index contributed by atoms with van der Waals surface area (Å²) in [4.78, 5) is 6.42. The monoisotopic (exact) mass is 225 g/mol. The molecular formula is C11H16ClN3. The number of rotatable bonds is 2. The Morgan fingerprint density at radius 1 is 1.60 bits per heavy atom. The average molecular weight is 226 g/mol. The summed E-state index contributed by atoms with van der Waals surface area (Å²) in [6.07, 6.45) is 4.03. The number of aromatic nitrogens is 1. The topological polar surface area (TPSA) is 42.1 Å². The van der Waals surface area contributed by atoms with Gasteiger partial charge >= 0.3 is 0 Å². The molecule has 0 radical (unpaired) electrons. The molecule has 2 N–H and O–H groups in total. The minimum atomic E-state index is 0.314. The van der Waals surface area contributed by atoms with Crippen LogP contribution in [-0.2, 0) is 6.54 Å². The Morgan fingerprint density at radius 3 is 3.20 bits per heavy atom. The maximum Gasteiger partial charge on any atom is 0.133 e. The Hall–Kier alpha value is -0.640. The number of hydrogen-bond acceptors (Lipinski definition) is 3. The summed E-state index contributed by atoms with van der Waals surface area (Å²) in [5.41, 5.74) is 7.02. The molecule has 82 valence electrons. The van der Waals surface area contributed by atoms with Crippen molar-refractivity contribution in [3.8, 4) is 0 Å². The van der Waals surface area contributed by atoms with E-state index >= 15 is 0 Å². The van der Waals surface area contributed by atoms with Crippen molar-refractivity contribution in [2.75, 3.05) is 13.1 Å². The molecule has 15 heavy (non-hydrogen) atoms. The van der Waals surface area contributed by atoms with Gasteiger partial charge in [0, 0.05) is 30.9 Å².